The fourth-order valence-electron chi connectivity index (χ4n) is 6.29. The molecule has 0 radical (unpaired) electrons. The summed E-state index contributed by atoms with van der Waals surface area (Å²) in [6.07, 6.45) is 24.9. The number of amides is 2. The molecule has 0 aromatic heterocycles. The van der Waals surface area contributed by atoms with Crippen LogP contribution < -0.4 is 0 Å². The first-order valence-electron chi connectivity index (χ1n) is 18.3. The average Bonchev–Trinajstić information content (AvgIpc) is 3.58. The monoisotopic (exact) mass is 620 g/mol. The van der Waals surface area contributed by atoms with Crippen molar-refractivity contribution in [3.05, 3.63) is 0 Å². The molecule has 8 heteroatoms. The van der Waals surface area contributed by atoms with Crippen molar-refractivity contribution >= 4 is 23.8 Å². The summed E-state index contributed by atoms with van der Waals surface area (Å²) in [5, 5.41) is 0. The van der Waals surface area contributed by atoms with E-state index in [1.165, 1.54) is 103 Å². The molecule has 2 fully saturated rings. The number of carbonyl (C=O) groups excluding carboxylic acids is 4. The lowest BCUT2D eigenvalue weighted by Gasteiger charge is -2.22. The summed E-state index contributed by atoms with van der Waals surface area (Å²) in [5.74, 6) is -1.62. The quantitative estimate of drug-likeness (QED) is 0.0693. The standard InChI is InChI=1S/C36H64N2O6/c1-3-5-7-9-11-13-15-17-19-21-25-43-35(41)31-27-33(39)37(29-31)23-24-38-30-32(28-34(38)40)36(42)44-26-22-20-18-16-14-12-10-8-6-4-2/h31-32H,3-30H2,1-2H3. The van der Waals surface area contributed by atoms with E-state index in [4.69, 9.17) is 9.47 Å². The molecule has 2 saturated heterocycles. The Morgan fingerprint density at radius 1 is 0.523 bits per heavy atom. The van der Waals surface area contributed by atoms with Crippen molar-refractivity contribution in [1.82, 2.24) is 9.80 Å². The van der Waals surface area contributed by atoms with Crippen LogP contribution >= 0.6 is 0 Å². The van der Waals surface area contributed by atoms with Crippen LogP contribution in [-0.4, -0.2) is 72.9 Å². The third-order valence-electron chi connectivity index (χ3n) is 9.22. The topological polar surface area (TPSA) is 93.2 Å². The fraction of sp³-hybridized carbons (Fsp3) is 0.889. The Morgan fingerprint density at radius 2 is 0.818 bits per heavy atom. The molecule has 2 aliphatic heterocycles. The van der Waals surface area contributed by atoms with E-state index in [9.17, 15) is 19.2 Å². The van der Waals surface area contributed by atoms with Crippen LogP contribution in [0, 0.1) is 11.8 Å². The largest absolute Gasteiger partial charge is 0.465 e. The second-order valence-electron chi connectivity index (χ2n) is 13.2. The highest BCUT2D eigenvalue weighted by molar-refractivity contribution is 5.88. The summed E-state index contributed by atoms with van der Waals surface area (Å²) >= 11 is 0. The first-order chi connectivity index (χ1) is 21.5. The molecule has 0 saturated carbocycles. The normalized spacial score (nSPS) is 18.4. The van der Waals surface area contributed by atoms with Crippen molar-refractivity contribution in [1.29, 1.82) is 0 Å². The van der Waals surface area contributed by atoms with Crippen LogP contribution in [0.5, 0.6) is 0 Å². The lowest BCUT2D eigenvalue weighted by molar-refractivity contribution is -0.149. The number of unbranched alkanes of at least 4 members (excludes halogenated alkanes) is 18. The van der Waals surface area contributed by atoms with Gasteiger partial charge in [0, 0.05) is 39.0 Å². The molecule has 0 aromatic rings. The van der Waals surface area contributed by atoms with Crippen LogP contribution in [-0.2, 0) is 28.7 Å². The summed E-state index contributed by atoms with van der Waals surface area (Å²) in [7, 11) is 0. The molecule has 2 atom stereocenters. The molecule has 2 aliphatic rings. The van der Waals surface area contributed by atoms with Gasteiger partial charge < -0.3 is 19.3 Å². The molecule has 8 nitrogen and oxygen atoms in total. The van der Waals surface area contributed by atoms with E-state index in [1.807, 2.05) is 0 Å². The van der Waals surface area contributed by atoms with Gasteiger partial charge in [0.15, 0.2) is 0 Å². The zero-order valence-corrected chi connectivity index (χ0v) is 28.3. The van der Waals surface area contributed by atoms with Gasteiger partial charge in [-0.15, -0.1) is 0 Å². The number of likely N-dealkylation sites (tertiary alicyclic amines) is 2. The van der Waals surface area contributed by atoms with E-state index < -0.39 is 11.8 Å². The van der Waals surface area contributed by atoms with E-state index in [0.717, 1.165) is 25.7 Å². The van der Waals surface area contributed by atoms with Crippen molar-refractivity contribution in [3.63, 3.8) is 0 Å². The van der Waals surface area contributed by atoms with Crippen LogP contribution in [0.2, 0.25) is 0 Å². The highest BCUT2D eigenvalue weighted by Gasteiger charge is 2.38. The Morgan fingerprint density at radius 3 is 1.14 bits per heavy atom. The third kappa shape index (κ3) is 16.3. The minimum atomic E-state index is -0.437. The van der Waals surface area contributed by atoms with Crippen LogP contribution in [0.3, 0.4) is 0 Å². The molecule has 0 aromatic carbocycles. The summed E-state index contributed by atoms with van der Waals surface area (Å²) in [5.41, 5.74) is 0. The molecule has 2 rings (SSSR count). The SMILES string of the molecule is CCCCCCCCCCCCOC(=O)C1CC(=O)N(CCN2CC(C(=O)OCCCCCCCCCCCC)CC2=O)C1. The minimum Gasteiger partial charge on any atom is -0.465 e. The summed E-state index contributed by atoms with van der Waals surface area (Å²) in [6.45, 7) is 6.72. The highest BCUT2D eigenvalue weighted by atomic mass is 16.5. The molecular formula is C36H64N2O6. The average molecular weight is 621 g/mol. The minimum absolute atomic E-state index is 0.0787. The number of carbonyl (C=O) groups is 4. The van der Waals surface area contributed by atoms with Gasteiger partial charge in [0.05, 0.1) is 25.0 Å². The Bertz CT molecular complexity index is 752. The molecule has 0 spiro atoms. The van der Waals surface area contributed by atoms with Crippen molar-refractivity contribution in [2.45, 2.75) is 155 Å². The zero-order chi connectivity index (χ0) is 31.8. The van der Waals surface area contributed by atoms with Gasteiger partial charge in [-0.2, -0.15) is 0 Å². The molecular weight excluding hydrogens is 556 g/mol. The van der Waals surface area contributed by atoms with E-state index in [1.54, 1.807) is 9.80 Å². The number of esters is 2. The predicted molar refractivity (Wildman–Crippen MR) is 175 cm³/mol. The van der Waals surface area contributed by atoms with Crippen molar-refractivity contribution in [3.8, 4) is 0 Å². The fourth-order valence-corrected chi connectivity index (χ4v) is 6.29. The summed E-state index contributed by atoms with van der Waals surface area (Å²) in [6, 6.07) is 0. The highest BCUT2D eigenvalue weighted by Crippen LogP contribution is 2.22. The van der Waals surface area contributed by atoms with Crippen molar-refractivity contribution < 1.29 is 28.7 Å². The van der Waals surface area contributed by atoms with E-state index in [-0.39, 0.29) is 36.6 Å². The maximum absolute atomic E-state index is 12.5. The molecule has 2 unspecified atom stereocenters. The zero-order valence-electron chi connectivity index (χ0n) is 28.3. The Kier molecular flexibility index (Phi) is 20.9. The summed E-state index contributed by atoms with van der Waals surface area (Å²) in [4.78, 5) is 53.4. The molecule has 0 N–H and O–H groups in total. The van der Waals surface area contributed by atoms with Gasteiger partial charge in [-0.05, 0) is 12.8 Å². The van der Waals surface area contributed by atoms with Crippen LogP contribution in [0.1, 0.15) is 155 Å². The van der Waals surface area contributed by atoms with Gasteiger partial charge in [-0.1, -0.05) is 129 Å². The van der Waals surface area contributed by atoms with Gasteiger partial charge in [-0.25, -0.2) is 0 Å². The molecule has 254 valence electrons. The van der Waals surface area contributed by atoms with Gasteiger partial charge in [0.2, 0.25) is 11.8 Å². The van der Waals surface area contributed by atoms with E-state index in [2.05, 4.69) is 13.8 Å². The third-order valence-corrected chi connectivity index (χ3v) is 9.22. The number of ether oxygens (including phenoxy) is 2. The second kappa shape index (κ2) is 24.2. The van der Waals surface area contributed by atoms with Crippen LogP contribution in [0.15, 0.2) is 0 Å². The maximum Gasteiger partial charge on any atom is 0.311 e. The molecule has 44 heavy (non-hydrogen) atoms. The predicted octanol–water partition coefficient (Wildman–Crippen LogP) is 7.61. The Labute approximate surface area is 268 Å². The Balaban J connectivity index is 1.50. The first kappa shape index (κ1) is 38.1. The number of hydrogen-bond acceptors (Lipinski definition) is 6. The van der Waals surface area contributed by atoms with Gasteiger partial charge in [0.1, 0.15) is 0 Å². The van der Waals surface area contributed by atoms with Gasteiger partial charge >= 0.3 is 11.9 Å². The van der Waals surface area contributed by atoms with Crippen LogP contribution in [0.25, 0.3) is 0 Å². The number of hydrogen-bond donors (Lipinski definition) is 0. The lowest BCUT2D eigenvalue weighted by Crippen LogP contribution is -2.37. The number of nitrogens with zero attached hydrogens (tertiary/aromatic N) is 2. The van der Waals surface area contributed by atoms with Crippen molar-refractivity contribution in [2.24, 2.45) is 11.8 Å². The van der Waals surface area contributed by atoms with Gasteiger partial charge in [0.25, 0.3) is 0 Å². The summed E-state index contributed by atoms with van der Waals surface area (Å²) < 4.78 is 11.0. The Hall–Kier alpha value is -2.12. The van der Waals surface area contributed by atoms with Crippen molar-refractivity contribution in [2.75, 3.05) is 39.4 Å². The van der Waals surface area contributed by atoms with E-state index in [0.29, 0.717) is 39.4 Å². The number of rotatable bonds is 27. The van der Waals surface area contributed by atoms with E-state index >= 15 is 0 Å². The maximum atomic E-state index is 12.5. The second-order valence-corrected chi connectivity index (χ2v) is 13.2. The first-order valence-corrected chi connectivity index (χ1v) is 18.3. The smallest absolute Gasteiger partial charge is 0.311 e. The molecule has 2 amide bonds. The van der Waals surface area contributed by atoms with Crippen LogP contribution in [0.4, 0.5) is 0 Å². The molecule has 0 bridgehead atoms. The molecule has 2 heterocycles. The van der Waals surface area contributed by atoms with Gasteiger partial charge in [-0.3, -0.25) is 19.2 Å². The lowest BCUT2D eigenvalue weighted by atomic mass is 10.1. The molecule has 0 aliphatic carbocycles.